The number of hydrogen-bond donors (Lipinski definition) is 1. The highest BCUT2D eigenvalue weighted by atomic mass is 16.2. The molecule has 3 aliphatic heterocycles. The molecule has 36 heavy (non-hydrogen) atoms. The van der Waals surface area contributed by atoms with E-state index in [4.69, 9.17) is 0 Å². The summed E-state index contributed by atoms with van der Waals surface area (Å²) >= 11 is 0. The lowest BCUT2D eigenvalue weighted by Gasteiger charge is -2.45. The number of carbonyl (C=O) groups is 1. The van der Waals surface area contributed by atoms with E-state index < -0.39 is 0 Å². The van der Waals surface area contributed by atoms with E-state index in [9.17, 15) is 4.79 Å². The molecule has 0 saturated carbocycles. The van der Waals surface area contributed by atoms with Gasteiger partial charge in [0.15, 0.2) is 0 Å². The maximum Gasteiger partial charge on any atom is 0.268 e. The fourth-order valence-corrected chi connectivity index (χ4v) is 6.33. The first-order chi connectivity index (χ1) is 17.5. The molecule has 4 heteroatoms. The Bertz CT molecular complexity index is 1220. The third-order valence-electron chi connectivity index (χ3n) is 8.18. The number of benzene rings is 2. The first kappa shape index (κ1) is 24.4. The van der Waals surface area contributed by atoms with Gasteiger partial charge in [0.2, 0.25) is 0 Å². The topological polar surface area (TPSA) is 35.6 Å². The van der Waals surface area contributed by atoms with Crippen molar-refractivity contribution in [2.75, 3.05) is 24.5 Å². The van der Waals surface area contributed by atoms with Gasteiger partial charge in [0, 0.05) is 37.4 Å². The Morgan fingerprint density at radius 1 is 1.06 bits per heavy atom. The number of amides is 1. The zero-order valence-corrected chi connectivity index (χ0v) is 22.0. The number of allylic oxidation sites excluding steroid dienone is 3. The van der Waals surface area contributed by atoms with Crippen LogP contribution in [0, 0.1) is 0 Å². The number of anilines is 1. The molecule has 2 atom stereocenters. The predicted octanol–water partition coefficient (Wildman–Crippen LogP) is 6.09. The number of nitrogens with one attached hydrogen (secondary N) is 1. The summed E-state index contributed by atoms with van der Waals surface area (Å²) in [7, 11) is 0. The van der Waals surface area contributed by atoms with Gasteiger partial charge in [-0.3, -0.25) is 4.79 Å². The summed E-state index contributed by atoms with van der Waals surface area (Å²) in [6.07, 6.45) is 9.78. The zero-order chi connectivity index (χ0) is 25.2. The number of hydrogen-bond acceptors (Lipinski definition) is 3. The highest BCUT2D eigenvalue weighted by Crippen LogP contribution is 2.44. The van der Waals surface area contributed by atoms with Crippen molar-refractivity contribution in [3.05, 3.63) is 100 Å². The van der Waals surface area contributed by atoms with Gasteiger partial charge in [0.25, 0.3) is 5.91 Å². The fourth-order valence-electron chi connectivity index (χ4n) is 6.33. The molecule has 0 radical (unpaired) electrons. The zero-order valence-electron chi connectivity index (χ0n) is 22.0. The maximum atomic E-state index is 13.1. The van der Waals surface area contributed by atoms with Crippen molar-refractivity contribution in [3.63, 3.8) is 0 Å². The minimum absolute atomic E-state index is 0.00149. The standard InChI is InChI=1S/C32H39N3O/c1-5-12-25-13-7-8-15-26(25)30(28-21-33-32(36)31-23(4)22(3)17-20-35(28)31)29-24(6-2)14-11-16-27(29)34-18-9-10-19-34/h7-8,11,13-17,20,28,30H,3,5-6,9-10,12,18-19,21H2,1-2,4H3,(H,33,36)/t28?,30-/m0/s1. The maximum absolute atomic E-state index is 13.1. The number of aryl methyl sites for hydroxylation is 2. The summed E-state index contributed by atoms with van der Waals surface area (Å²) in [6, 6.07) is 15.9. The molecule has 3 aliphatic rings. The van der Waals surface area contributed by atoms with Gasteiger partial charge in [-0.1, -0.05) is 63.2 Å². The van der Waals surface area contributed by atoms with E-state index in [0.29, 0.717) is 6.54 Å². The van der Waals surface area contributed by atoms with Crippen LogP contribution in [0.4, 0.5) is 5.69 Å². The molecule has 2 aromatic rings. The van der Waals surface area contributed by atoms with E-state index in [1.807, 2.05) is 6.92 Å². The number of carbonyl (C=O) groups excluding carboxylic acids is 1. The SMILES string of the molecule is C=C1C=CN2C(=C1C)C(=O)NCC2[C@H](c1ccccc1CCC)c1c(CC)cccc1N1CCCC1. The highest BCUT2D eigenvalue weighted by molar-refractivity contribution is 5.96. The van der Waals surface area contributed by atoms with Gasteiger partial charge in [0.1, 0.15) is 5.70 Å². The van der Waals surface area contributed by atoms with E-state index in [2.05, 4.69) is 90.3 Å². The molecule has 2 aromatic carbocycles. The van der Waals surface area contributed by atoms with Crippen molar-refractivity contribution < 1.29 is 4.79 Å². The Hall–Kier alpha value is -3.27. The number of fused-ring (bicyclic) bond motifs is 1. The third-order valence-corrected chi connectivity index (χ3v) is 8.18. The van der Waals surface area contributed by atoms with Gasteiger partial charge in [-0.05, 0) is 78.1 Å². The van der Waals surface area contributed by atoms with Crippen LogP contribution in [0.5, 0.6) is 0 Å². The monoisotopic (exact) mass is 481 g/mol. The van der Waals surface area contributed by atoms with E-state index in [1.54, 1.807) is 0 Å². The third kappa shape index (κ3) is 4.27. The number of nitrogens with zero attached hydrogens (tertiary/aromatic N) is 2. The van der Waals surface area contributed by atoms with Crippen molar-refractivity contribution in [1.29, 1.82) is 0 Å². The molecule has 2 fully saturated rings. The lowest BCUT2D eigenvalue weighted by atomic mass is 9.76. The smallest absolute Gasteiger partial charge is 0.268 e. The van der Waals surface area contributed by atoms with Crippen LogP contribution in [0.15, 0.2) is 78.2 Å². The van der Waals surface area contributed by atoms with Crippen molar-refractivity contribution in [2.45, 2.75) is 64.8 Å². The van der Waals surface area contributed by atoms with Crippen LogP contribution < -0.4 is 10.2 Å². The molecule has 0 aliphatic carbocycles. The molecular weight excluding hydrogens is 442 g/mol. The average Bonchev–Trinajstić information content (AvgIpc) is 3.43. The van der Waals surface area contributed by atoms with E-state index in [-0.39, 0.29) is 17.9 Å². The summed E-state index contributed by atoms with van der Waals surface area (Å²) in [6.45, 7) is 13.6. The van der Waals surface area contributed by atoms with Crippen LogP contribution in [-0.2, 0) is 17.6 Å². The number of piperazine rings is 1. The van der Waals surface area contributed by atoms with Crippen LogP contribution in [0.2, 0.25) is 0 Å². The molecule has 4 nitrogen and oxygen atoms in total. The van der Waals surface area contributed by atoms with Gasteiger partial charge in [-0.25, -0.2) is 0 Å². The lowest BCUT2D eigenvalue weighted by Crippen LogP contribution is -2.54. The summed E-state index contributed by atoms with van der Waals surface area (Å²) < 4.78 is 0. The summed E-state index contributed by atoms with van der Waals surface area (Å²) in [4.78, 5) is 17.9. The quantitative estimate of drug-likeness (QED) is 0.520. The molecule has 1 unspecified atom stereocenters. The molecule has 188 valence electrons. The molecular formula is C32H39N3O. The number of rotatable bonds is 7. The summed E-state index contributed by atoms with van der Waals surface area (Å²) in [5, 5.41) is 3.25. The normalized spacial score (nSPS) is 20.6. The molecule has 2 saturated heterocycles. The summed E-state index contributed by atoms with van der Waals surface area (Å²) in [5.41, 5.74) is 9.61. The van der Waals surface area contributed by atoms with Gasteiger partial charge in [-0.15, -0.1) is 0 Å². The van der Waals surface area contributed by atoms with Crippen molar-refractivity contribution >= 4 is 11.6 Å². The molecule has 0 bridgehead atoms. The van der Waals surface area contributed by atoms with Crippen LogP contribution in [0.25, 0.3) is 0 Å². The first-order valence-electron chi connectivity index (χ1n) is 13.6. The molecule has 1 amide bonds. The van der Waals surface area contributed by atoms with Gasteiger partial charge >= 0.3 is 0 Å². The second-order valence-corrected chi connectivity index (χ2v) is 10.3. The molecule has 0 aromatic heterocycles. The van der Waals surface area contributed by atoms with Crippen LogP contribution in [-0.4, -0.2) is 36.5 Å². The Labute approximate surface area is 216 Å². The Balaban J connectivity index is 1.75. The molecule has 1 N–H and O–H groups in total. The van der Waals surface area contributed by atoms with Gasteiger partial charge in [0.05, 0.1) is 6.04 Å². The van der Waals surface area contributed by atoms with E-state index >= 15 is 0 Å². The van der Waals surface area contributed by atoms with Gasteiger partial charge < -0.3 is 15.1 Å². The van der Waals surface area contributed by atoms with E-state index in [0.717, 1.165) is 49.2 Å². The molecule has 0 spiro atoms. The predicted molar refractivity (Wildman–Crippen MR) is 149 cm³/mol. The largest absolute Gasteiger partial charge is 0.371 e. The molecule has 5 rings (SSSR count). The Morgan fingerprint density at radius 3 is 2.56 bits per heavy atom. The minimum atomic E-state index is -0.00149. The average molecular weight is 482 g/mol. The van der Waals surface area contributed by atoms with Gasteiger partial charge in [-0.2, -0.15) is 0 Å². The molecule has 3 heterocycles. The first-order valence-corrected chi connectivity index (χ1v) is 13.6. The fraction of sp³-hybridized carbons (Fsp3) is 0.406. The highest BCUT2D eigenvalue weighted by Gasteiger charge is 2.41. The van der Waals surface area contributed by atoms with Crippen molar-refractivity contribution in [2.24, 2.45) is 0 Å². The Kier molecular flexibility index (Phi) is 7.04. The van der Waals surface area contributed by atoms with Crippen LogP contribution in [0.3, 0.4) is 0 Å². The lowest BCUT2D eigenvalue weighted by molar-refractivity contribution is -0.120. The minimum Gasteiger partial charge on any atom is -0.371 e. The Morgan fingerprint density at radius 2 is 1.81 bits per heavy atom. The van der Waals surface area contributed by atoms with Crippen molar-refractivity contribution in [3.8, 4) is 0 Å². The second kappa shape index (κ2) is 10.4. The van der Waals surface area contributed by atoms with Crippen LogP contribution >= 0.6 is 0 Å². The second-order valence-electron chi connectivity index (χ2n) is 10.3. The van der Waals surface area contributed by atoms with E-state index in [1.165, 1.54) is 40.8 Å². The summed E-state index contributed by atoms with van der Waals surface area (Å²) in [5.74, 6) is 0.123. The van der Waals surface area contributed by atoms with Crippen molar-refractivity contribution in [1.82, 2.24) is 10.2 Å². The van der Waals surface area contributed by atoms with Crippen LogP contribution in [0.1, 0.15) is 68.2 Å².